The zero-order valence-electron chi connectivity index (χ0n) is 16.8. The maximum absolute atomic E-state index is 13.3. The van der Waals surface area contributed by atoms with Crippen LogP contribution in [0.1, 0.15) is 17.5 Å². The van der Waals surface area contributed by atoms with Gasteiger partial charge in [0.1, 0.15) is 6.04 Å². The van der Waals surface area contributed by atoms with Gasteiger partial charge in [0.25, 0.3) is 0 Å². The number of nitrogens with one attached hydrogen (secondary N) is 1. The normalized spacial score (nSPS) is 27.4. The van der Waals surface area contributed by atoms with Gasteiger partial charge < -0.3 is 5.32 Å². The molecule has 0 aromatic heterocycles. The maximum atomic E-state index is 13.3. The minimum absolute atomic E-state index is 0.124. The lowest BCUT2D eigenvalue weighted by molar-refractivity contribution is -0.147. The average Bonchev–Trinajstić information content (AvgIpc) is 3.41. The Balaban J connectivity index is 1.46. The number of carbonyl (C=O) groups excluding carboxylic acids is 3. The zero-order chi connectivity index (χ0) is 20.8. The molecule has 1 aliphatic heterocycles. The number of allylic oxidation sites excluding steroid dienone is 2. The number of fused-ring (bicyclic) bond motifs is 5. The van der Waals surface area contributed by atoms with Gasteiger partial charge in [0.2, 0.25) is 17.7 Å². The Bertz CT molecular complexity index is 1020. The highest BCUT2D eigenvalue weighted by Gasteiger charge is 2.61. The minimum Gasteiger partial charge on any atom is -0.324 e. The van der Waals surface area contributed by atoms with Gasteiger partial charge in [-0.3, -0.25) is 19.3 Å². The van der Waals surface area contributed by atoms with E-state index in [0.29, 0.717) is 12.1 Å². The van der Waals surface area contributed by atoms with Crippen molar-refractivity contribution in [3.8, 4) is 0 Å². The third-order valence-electron chi connectivity index (χ3n) is 6.68. The lowest BCUT2D eigenvalue weighted by Gasteiger charge is -2.27. The molecule has 5 heteroatoms. The summed E-state index contributed by atoms with van der Waals surface area (Å²) in [6.07, 6.45) is 5.32. The van der Waals surface area contributed by atoms with Crippen LogP contribution in [-0.2, 0) is 20.8 Å². The predicted octanol–water partition coefficient (Wildman–Crippen LogP) is 3.35. The summed E-state index contributed by atoms with van der Waals surface area (Å²) < 4.78 is 0. The Kier molecular flexibility index (Phi) is 4.54. The Morgan fingerprint density at radius 3 is 2.30 bits per heavy atom. The summed E-state index contributed by atoms with van der Waals surface area (Å²) in [5.41, 5.74) is 2.61. The van der Waals surface area contributed by atoms with Gasteiger partial charge in [0.15, 0.2) is 0 Å². The molecular formula is C25H24N2O3. The van der Waals surface area contributed by atoms with Gasteiger partial charge in [-0.15, -0.1) is 0 Å². The molecule has 2 aromatic carbocycles. The molecule has 5 atom stereocenters. The molecule has 2 aromatic rings. The van der Waals surface area contributed by atoms with E-state index in [1.54, 1.807) is 0 Å². The van der Waals surface area contributed by atoms with E-state index in [2.05, 4.69) is 17.5 Å². The molecule has 5 rings (SSSR count). The molecule has 1 heterocycles. The Morgan fingerprint density at radius 2 is 1.67 bits per heavy atom. The molecule has 3 amide bonds. The highest BCUT2D eigenvalue weighted by Crippen LogP contribution is 2.53. The van der Waals surface area contributed by atoms with Crippen LogP contribution in [-0.4, -0.2) is 28.7 Å². The number of hydrogen-bond acceptors (Lipinski definition) is 3. The van der Waals surface area contributed by atoms with Crippen LogP contribution in [0.2, 0.25) is 0 Å². The summed E-state index contributed by atoms with van der Waals surface area (Å²) >= 11 is 0. The van der Waals surface area contributed by atoms with Crippen LogP contribution in [0.4, 0.5) is 5.69 Å². The fraction of sp³-hybridized carbons (Fsp3) is 0.320. The average molecular weight is 400 g/mol. The number of nitrogens with zero attached hydrogens (tertiary/aromatic N) is 1. The second kappa shape index (κ2) is 7.24. The van der Waals surface area contributed by atoms with Crippen LogP contribution in [0.15, 0.2) is 66.7 Å². The first kappa shape index (κ1) is 18.8. The molecule has 2 fully saturated rings. The summed E-state index contributed by atoms with van der Waals surface area (Å²) in [7, 11) is 0. The zero-order valence-corrected chi connectivity index (χ0v) is 16.8. The Labute approximate surface area is 175 Å². The van der Waals surface area contributed by atoms with E-state index in [0.717, 1.165) is 17.5 Å². The molecule has 0 spiro atoms. The van der Waals surface area contributed by atoms with Crippen molar-refractivity contribution in [1.82, 2.24) is 4.90 Å². The molecule has 5 nitrogen and oxygen atoms in total. The monoisotopic (exact) mass is 400 g/mol. The molecule has 30 heavy (non-hydrogen) atoms. The first-order valence-corrected chi connectivity index (χ1v) is 10.5. The fourth-order valence-electron chi connectivity index (χ4n) is 5.32. The summed E-state index contributed by atoms with van der Waals surface area (Å²) in [6.45, 7) is 1.95. The van der Waals surface area contributed by atoms with Crippen LogP contribution in [0.25, 0.3) is 0 Å². The molecule has 0 unspecified atom stereocenters. The van der Waals surface area contributed by atoms with E-state index in [4.69, 9.17) is 0 Å². The van der Waals surface area contributed by atoms with E-state index < -0.39 is 6.04 Å². The first-order chi connectivity index (χ1) is 14.5. The number of benzene rings is 2. The topological polar surface area (TPSA) is 66.5 Å². The van der Waals surface area contributed by atoms with Crippen LogP contribution < -0.4 is 5.32 Å². The van der Waals surface area contributed by atoms with Gasteiger partial charge >= 0.3 is 0 Å². The third kappa shape index (κ3) is 3.05. The lowest BCUT2D eigenvalue weighted by Crippen LogP contribution is -2.49. The number of anilines is 1. The van der Waals surface area contributed by atoms with Gasteiger partial charge in [-0.05, 0) is 48.4 Å². The molecule has 1 saturated heterocycles. The summed E-state index contributed by atoms with van der Waals surface area (Å²) in [6, 6.07) is 16.2. The van der Waals surface area contributed by atoms with Crippen molar-refractivity contribution in [2.75, 3.05) is 5.32 Å². The van der Waals surface area contributed by atoms with E-state index in [-0.39, 0.29) is 41.4 Å². The second-order valence-electron chi connectivity index (χ2n) is 8.61. The third-order valence-corrected chi connectivity index (χ3v) is 6.68. The molecule has 1 saturated carbocycles. The summed E-state index contributed by atoms with van der Waals surface area (Å²) in [4.78, 5) is 41.2. The number of amides is 3. The number of hydrogen-bond donors (Lipinski definition) is 1. The van der Waals surface area contributed by atoms with Crippen LogP contribution >= 0.6 is 0 Å². The number of carbonyl (C=O) groups is 3. The van der Waals surface area contributed by atoms with Gasteiger partial charge in [-0.25, -0.2) is 0 Å². The van der Waals surface area contributed by atoms with Crippen LogP contribution in [0, 0.1) is 30.6 Å². The SMILES string of the molecule is Cc1cccc(NC(=O)[C@H](Cc2ccccc2)N2C(=O)[C@@H]3[C@H](C2=O)[C@H]2C=C[C@H]3C2)c1. The van der Waals surface area contributed by atoms with Gasteiger partial charge in [0, 0.05) is 12.1 Å². The number of aryl methyl sites for hydroxylation is 1. The quantitative estimate of drug-likeness (QED) is 0.618. The Morgan fingerprint density at radius 1 is 1.00 bits per heavy atom. The summed E-state index contributed by atoms with van der Waals surface area (Å²) in [5, 5.41) is 2.92. The van der Waals surface area contributed by atoms with Crippen molar-refractivity contribution in [3.05, 3.63) is 77.9 Å². The predicted molar refractivity (Wildman–Crippen MR) is 113 cm³/mol. The fourth-order valence-corrected chi connectivity index (χ4v) is 5.32. The van der Waals surface area contributed by atoms with Crippen molar-refractivity contribution in [3.63, 3.8) is 0 Å². The Hall–Kier alpha value is -3.21. The number of rotatable bonds is 5. The van der Waals surface area contributed by atoms with Gasteiger partial charge in [0.05, 0.1) is 11.8 Å². The van der Waals surface area contributed by atoms with Crippen LogP contribution in [0.5, 0.6) is 0 Å². The maximum Gasteiger partial charge on any atom is 0.248 e. The van der Waals surface area contributed by atoms with E-state index in [1.807, 2.05) is 61.5 Å². The van der Waals surface area contributed by atoms with E-state index in [1.165, 1.54) is 4.90 Å². The standard InChI is InChI=1S/C25H24N2O3/c1-15-6-5-9-19(12-15)26-23(28)20(13-16-7-3-2-4-8-16)27-24(29)21-17-10-11-18(14-17)22(21)25(27)30/h2-12,17-18,20-22H,13-14H2,1H3,(H,26,28)/t17-,18-,20-,21-,22+/m0/s1. The molecule has 152 valence electrons. The van der Waals surface area contributed by atoms with Crippen molar-refractivity contribution in [2.24, 2.45) is 23.7 Å². The molecule has 3 aliphatic rings. The van der Waals surface area contributed by atoms with Crippen molar-refractivity contribution >= 4 is 23.4 Å². The van der Waals surface area contributed by atoms with Crippen molar-refractivity contribution < 1.29 is 14.4 Å². The smallest absolute Gasteiger partial charge is 0.248 e. The largest absolute Gasteiger partial charge is 0.324 e. The molecule has 2 aliphatic carbocycles. The van der Waals surface area contributed by atoms with Crippen molar-refractivity contribution in [2.45, 2.75) is 25.8 Å². The lowest BCUT2D eigenvalue weighted by atomic mass is 9.85. The van der Waals surface area contributed by atoms with E-state index in [9.17, 15) is 14.4 Å². The second-order valence-corrected chi connectivity index (χ2v) is 8.61. The van der Waals surface area contributed by atoms with Gasteiger partial charge in [-0.2, -0.15) is 0 Å². The minimum atomic E-state index is -0.863. The van der Waals surface area contributed by atoms with Crippen molar-refractivity contribution in [1.29, 1.82) is 0 Å². The van der Waals surface area contributed by atoms with Crippen LogP contribution in [0.3, 0.4) is 0 Å². The van der Waals surface area contributed by atoms with Gasteiger partial charge in [-0.1, -0.05) is 54.6 Å². The number of likely N-dealkylation sites (tertiary alicyclic amines) is 1. The van der Waals surface area contributed by atoms with E-state index >= 15 is 0 Å². The first-order valence-electron chi connectivity index (χ1n) is 10.5. The molecular weight excluding hydrogens is 376 g/mol. The molecule has 2 bridgehead atoms. The molecule has 0 radical (unpaired) electrons. The molecule has 1 N–H and O–H groups in total. The summed E-state index contributed by atoms with van der Waals surface area (Å²) in [5.74, 6) is -1.08. The highest BCUT2D eigenvalue weighted by molar-refractivity contribution is 6.11. The number of imide groups is 1. The highest BCUT2D eigenvalue weighted by atomic mass is 16.2.